The van der Waals surface area contributed by atoms with Crippen LogP contribution in [0.25, 0.3) is 0 Å². The van der Waals surface area contributed by atoms with Crippen LogP contribution in [-0.2, 0) is 9.53 Å². The highest BCUT2D eigenvalue weighted by atomic mass is 16.5. The number of phenolic OH excluding ortho intramolecular Hbond substituents is 1. The molecule has 1 heterocycles. The van der Waals surface area contributed by atoms with Crippen molar-refractivity contribution in [2.75, 3.05) is 33.3 Å². The lowest BCUT2D eigenvalue weighted by atomic mass is 9.92. The minimum Gasteiger partial charge on any atom is -0.508 e. The number of nitrogens with zero attached hydrogens (tertiary/aromatic N) is 2. The molecule has 0 saturated carbocycles. The average molecular weight is 452 g/mol. The van der Waals surface area contributed by atoms with Crippen molar-refractivity contribution in [2.45, 2.75) is 32.0 Å². The minimum atomic E-state index is -0.498. The SMILES string of the molecule is C=CCN1C[C@H](C)N([C@H](c2ccc(C(=O)NCC(=O)OC)cc2)c2cccc(O)c2)C[C@H]1C. The van der Waals surface area contributed by atoms with Gasteiger partial charge in [-0.15, -0.1) is 6.58 Å². The number of piperazine rings is 1. The predicted octanol–water partition coefficient (Wildman–Crippen LogP) is 2.97. The zero-order valence-electron chi connectivity index (χ0n) is 19.5. The molecule has 0 bridgehead atoms. The normalized spacial score (nSPS) is 20.1. The highest BCUT2D eigenvalue weighted by Gasteiger charge is 2.34. The highest BCUT2D eigenvalue weighted by Crippen LogP contribution is 2.34. The number of hydrogen-bond donors (Lipinski definition) is 2. The van der Waals surface area contributed by atoms with Crippen molar-refractivity contribution in [3.8, 4) is 5.75 Å². The van der Waals surface area contributed by atoms with Gasteiger partial charge in [0.25, 0.3) is 5.91 Å². The summed E-state index contributed by atoms with van der Waals surface area (Å²) in [6.45, 7) is 10.8. The van der Waals surface area contributed by atoms with Crippen LogP contribution in [0.1, 0.15) is 41.4 Å². The first kappa shape index (κ1) is 24.5. The molecule has 0 aromatic heterocycles. The van der Waals surface area contributed by atoms with Crippen molar-refractivity contribution in [2.24, 2.45) is 0 Å². The Labute approximate surface area is 195 Å². The van der Waals surface area contributed by atoms with E-state index >= 15 is 0 Å². The molecule has 0 aliphatic carbocycles. The quantitative estimate of drug-likeness (QED) is 0.474. The van der Waals surface area contributed by atoms with Crippen molar-refractivity contribution in [3.63, 3.8) is 0 Å². The standard InChI is InChI=1S/C26H33N3O4/c1-5-13-28-16-19(3)29(17-18(28)2)25(22-7-6-8-23(30)14-22)20-9-11-21(12-10-20)26(32)27-15-24(31)33-4/h5-12,14,18-19,25,30H,1,13,15-17H2,2-4H3,(H,27,32)/t18-,19+,25-/m1/s1. The van der Waals surface area contributed by atoms with Gasteiger partial charge in [0.2, 0.25) is 0 Å². The summed E-state index contributed by atoms with van der Waals surface area (Å²) in [5.74, 6) is -0.606. The Morgan fingerprint density at radius 2 is 1.88 bits per heavy atom. The van der Waals surface area contributed by atoms with E-state index < -0.39 is 5.97 Å². The number of amides is 1. The summed E-state index contributed by atoms with van der Waals surface area (Å²) in [5, 5.41) is 12.7. The summed E-state index contributed by atoms with van der Waals surface area (Å²) < 4.78 is 4.57. The predicted molar refractivity (Wildman–Crippen MR) is 128 cm³/mol. The molecule has 2 N–H and O–H groups in total. The number of nitrogens with one attached hydrogen (secondary N) is 1. The van der Waals surface area contributed by atoms with Crippen molar-refractivity contribution in [3.05, 3.63) is 77.9 Å². The molecular formula is C26H33N3O4. The van der Waals surface area contributed by atoms with E-state index in [9.17, 15) is 14.7 Å². The maximum atomic E-state index is 12.4. The average Bonchev–Trinajstić information content (AvgIpc) is 2.81. The van der Waals surface area contributed by atoms with Gasteiger partial charge >= 0.3 is 5.97 Å². The molecule has 2 aromatic rings. The van der Waals surface area contributed by atoms with Gasteiger partial charge in [0, 0.05) is 37.3 Å². The van der Waals surface area contributed by atoms with Crippen molar-refractivity contribution in [1.82, 2.24) is 15.1 Å². The van der Waals surface area contributed by atoms with E-state index in [-0.39, 0.29) is 30.3 Å². The van der Waals surface area contributed by atoms with Gasteiger partial charge in [-0.25, -0.2) is 0 Å². The number of methoxy groups -OCH3 is 1. The molecule has 2 aromatic carbocycles. The number of carbonyl (C=O) groups is 2. The molecule has 3 atom stereocenters. The summed E-state index contributed by atoms with van der Waals surface area (Å²) >= 11 is 0. The molecule has 7 heteroatoms. The fourth-order valence-corrected chi connectivity index (χ4v) is 4.42. The smallest absolute Gasteiger partial charge is 0.325 e. The number of hydrogen-bond acceptors (Lipinski definition) is 6. The fourth-order valence-electron chi connectivity index (χ4n) is 4.42. The molecule has 1 aliphatic heterocycles. The Morgan fingerprint density at radius 1 is 1.15 bits per heavy atom. The number of carbonyl (C=O) groups excluding carboxylic acids is 2. The van der Waals surface area contributed by atoms with Gasteiger partial charge in [0.05, 0.1) is 13.2 Å². The van der Waals surface area contributed by atoms with E-state index in [1.165, 1.54) is 7.11 Å². The zero-order valence-corrected chi connectivity index (χ0v) is 19.5. The van der Waals surface area contributed by atoms with E-state index in [4.69, 9.17) is 0 Å². The molecule has 0 radical (unpaired) electrons. The summed E-state index contributed by atoms with van der Waals surface area (Å²) in [5.41, 5.74) is 2.49. The largest absolute Gasteiger partial charge is 0.508 e. The number of aromatic hydroxyl groups is 1. The minimum absolute atomic E-state index is 0.0763. The molecule has 0 unspecified atom stereocenters. The number of phenols is 1. The number of esters is 1. The van der Waals surface area contributed by atoms with Crippen molar-refractivity contribution in [1.29, 1.82) is 0 Å². The number of rotatable bonds is 8. The van der Waals surface area contributed by atoms with Crippen molar-refractivity contribution < 1.29 is 19.4 Å². The van der Waals surface area contributed by atoms with Crippen LogP contribution in [0, 0.1) is 0 Å². The molecule has 7 nitrogen and oxygen atoms in total. The van der Waals surface area contributed by atoms with Gasteiger partial charge in [-0.05, 0) is 49.2 Å². The third kappa shape index (κ3) is 6.00. The van der Waals surface area contributed by atoms with E-state index in [2.05, 4.69) is 40.3 Å². The van der Waals surface area contributed by atoms with Crippen molar-refractivity contribution >= 4 is 11.9 Å². The lowest BCUT2D eigenvalue weighted by Crippen LogP contribution is -2.57. The summed E-state index contributed by atoms with van der Waals surface area (Å²) in [6, 6.07) is 15.3. The van der Waals surface area contributed by atoms with Crippen LogP contribution in [0.2, 0.25) is 0 Å². The first-order valence-corrected chi connectivity index (χ1v) is 11.2. The number of benzene rings is 2. The first-order valence-electron chi connectivity index (χ1n) is 11.2. The van der Waals surface area contributed by atoms with Gasteiger partial charge in [-0.2, -0.15) is 0 Å². The first-order chi connectivity index (χ1) is 15.8. The van der Waals surface area contributed by atoms with E-state index in [0.29, 0.717) is 11.6 Å². The highest BCUT2D eigenvalue weighted by molar-refractivity contribution is 5.95. The molecule has 33 heavy (non-hydrogen) atoms. The Hall–Kier alpha value is -3.16. The van der Waals surface area contributed by atoms with Crippen LogP contribution in [0.3, 0.4) is 0 Å². The zero-order chi connectivity index (χ0) is 24.0. The number of ether oxygens (including phenoxy) is 1. The second kappa shape index (κ2) is 11.1. The topological polar surface area (TPSA) is 82.1 Å². The van der Waals surface area contributed by atoms with Crippen LogP contribution in [0.4, 0.5) is 0 Å². The van der Waals surface area contributed by atoms with E-state index in [1.54, 1.807) is 24.3 Å². The second-order valence-electron chi connectivity index (χ2n) is 8.52. The Bertz CT molecular complexity index is 976. The maximum absolute atomic E-state index is 12.4. The van der Waals surface area contributed by atoms with Crippen LogP contribution in [0.5, 0.6) is 5.75 Å². The lowest BCUT2D eigenvalue weighted by Gasteiger charge is -2.47. The van der Waals surface area contributed by atoms with E-state index in [1.807, 2.05) is 30.3 Å². The third-order valence-corrected chi connectivity index (χ3v) is 6.15. The van der Waals surface area contributed by atoms with Crippen LogP contribution >= 0.6 is 0 Å². The monoisotopic (exact) mass is 451 g/mol. The van der Waals surface area contributed by atoms with Gasteiger partial charge in [0.15, 0.2) is 0 Å². The Morgan fingerprint density at radius 3 is 2.52 bits per heavy atom. The molecule has 176 valence electrons. The fraction of sp³-hybridized carbons (Fsp3) is 0.385. The lowest BCUT2D eigenvalue weighted by molar-refractivity contribution is -0.139. The van der Waals surface area contributed by atoms with Gasteiger partial charge in [-0.3, -0.25) is 19.4 Å². The van der Waals surface area contributed by atoms with Gasteiger partial charge < -0.3 is 15.2 Å². The Balaban J connectivity index is 1.89. The van der Waals surface area contributed by atoms with Gasteiger partial charge in [-0.1, -0.05) is 30.3 Å². The third-order valence-electron chi connectivity index (χ3n) is 6.15. The molecule has 0 spiro atoms. The molecule has 1 saturated heterocycles. The van der Waals surface area contributed by atoms with Crippen LogP contribution in [-0.4, -0.2) is 72.2 Å². The Kier molecular flexibility index (Phi) is 8.25. The summed E-state index contributed by atoms with van der Waals surface area (Å²) in [6.07, 6.45) is 1.94. The molecule has 1 fully saturated rings. The van der Waals surface area contributed by atoms with Gasteiger partial charge in [0.1, 0.15) is 12.3 Å². The maximum Gasteiger partial charge on any atom is 0.325 e. The summed E-state index contributed by atoms with van der Waals surface area (Å²) in [4.78, 5) is 28.5. The molecule has 1 aliphatic rings. The van der Waals surface area contributed by atoms with E-state index in [0.717, 1.165) is 30.8 Å². The molecule has 1 amide bonds. The summed E-state index contributed by atoms with van der Waals surface area (Å²) in [7, 11) is 1.28. The van der Waals surface area contributed by atoms with Crippen LogP contribution < -0.4 is 5.32 Å². The molecule has 3 rings (SSSR count). The molecular weight excluding hydrogens is 418 g/mol. The second-order valence-corrected chi connectivity index (χ2v) is 8.52. The van der Waals surface area contributed by atoms with Crippen LogP contribution in [0.15, 0.2) is 61.2 Å².